The lowest BCUT2D eigenvalue weighted by Crippen LogP contribution is -2.44. The third-order valence-electron chi connectivity index (χ3n) is 2.58. The Kier molecular flexibility index (Phi) is 1.43. The number of likely N-dealkylation sites (N-methyl/N-ethyl adjacent to an activating group) is 1. The molecule has 2 rings (SSSR count). The van der Waals surface area contributed by atoms with Crippen molar-refractivity contribution in [3.05, 3.63) is 23.8 Å². The first kappa shape index (κ1) is 5.21. The number of anilines is 2. The van der Waals surface area contributed by atoms with E-state index in [-0.39, 0.29) is 5.56 Å². The van der Waals surface area contributed by atoms with Gasteiger partial charge in [-0.15, -0.1) is 0 Å². The molecule has 0 aromatic heterocycles. The van der Waals surface area contributed by atoms with Crippen LogP contribution in [0, 0.1) is 6.85 Å². The highest BCUT2D eigenvalue weighted by Gasteiger charge is 2.14. The molecule has 82 valence electrons. The highest BCUT2D eigenvalue weighted by atomic mass is 15.2. The minimum Gasteiger partial charge on any atom is -0.399 e. The van der Waals surface area contributed by atoms with E-state index in [0.717, 1.165) is 5.69 Å². The molecule has 0 atom stereocenters. The van der Waals surface area contributed by atoms with Gasteiger partial charge in [0.05, 0.1) is 0 Å². The second-order valence-corrected chi connectivity index (χ2v) is 3.79. The molecule has 15 heavy (non-hydrogen) atoms. The van der Waals surface area contributed by atoms with Gasteiger partial charge in [0.1, 0.15) is 0 Å². The Morgan fingerprint density at radius 2 is 2.00 bits per heavy atom. The molecule has 0 radical (unpaired) electrons. The van der Waals surface area contributed by atoms with Gasteiger partial charge in [0.25, 0.3) is 0 Å². The van der Waals surface area contributed by atoms with E-state index in [0.29, 0.717) is 31.9 Å². The van der Waals surface area contributed by atoms with Crippen LogP contribution < -0.4 is 10.6 Å². The van der Waals surface area contributed by atoms with Crippen molar-refractivity contribution in [2.45, 2.75) is 6.85 Å². The highest BCUT2D eigenvalue weighted by molar-refractivity contribution is 5.58. The average molecular weight is 211 g/mol. The summed E-state index contributed by atoms with van der Waals surface area (Å²) in [6.07, 6.45) is 0. The Balaban J connectivity index is 2.16. The second kappa shape index (κ2) is 4.11. The van der Waals surface area contributed by atoms with Crippen molar-refractivity contribution in [3.8, 4) is 0 Å². The van der Waals surface area contributed by atoms with Gasteiger partial charge >= 0.3 is 0 Å². The zero-order valence-electron chi connectivity index (χ0n) is 14.5. The Labute approximate surface area is 99.9 Å². The largest absolute Gasteiger partial charge is 0.399 e. The number of nitrogens with two attached hydrogens (primary N) is 1. The van der Waals surface area contributed by atoms with Crippen molar-refractivity contribution in [1.29, 1.82) is 0 Å². The molecule has 0 saturated carbocycles. The maximum absolute atomic E-state index is 7.47. The molecular formula is C12H19N3. The van der Waals surface area contributed by atoms with E-state index in [2.05, 4.69) is 0 Å². The lowest BCUT2D eigenvalue weighted by molar-refractivity contribution is 0.313. The smallest absolute Gasteiger partial charge is 0.0394 e. The molecule has 3 heteroatoms. The van der Waals surface area contributed by atoms with Crippen molar-refractivity contribution in [1.82, 2.24) is 4.90 Å². The van der Waals surface area contributed by atoms with Gasteiger partial charge in [0.15, 0.2) is 0 Å². The molecule has 0 aliphatic carbocycles. The van der Waals surface area contributed by atoms with E-state index < -0.39 is 13.8 Å². The van der Waals surface area contributed by atoms with Crippen LogP contribution in [0.15, 0.2) is 18.2 Å². The first-order valence-corrected chi connectivity index (χ1v) is 4.98. The maximum atomic E-state index is 7.47. The number of nitrogens with zero attached hydrogens (tertiary/aromatic N) is 2. The van der Waals surface area contributed by atoms with Crippen molar-refractivity contribution >= 4 is 11.4 Å². The minimum atomic E-state index is -2.20. The summed E-state index contributed by atoms with van der Waals surface area (Å²) in [5, 5.41) is 0. The van der Waals surface area contributed by atoms with Crippen LogP contribution in [0.25, 0.3) is 0 Å². The number of hydrogen-bond donors (Lipinski definition) is 1. The first-order chi connectivity index (χ1) is 9.57. The van der Waals surface area contributed by atoms with Crippen molar-refractivity contribution in [3.63, 3.8) is 0 Å². The van der Waals surface area contributed by atoms with Crippen LogP contribution in [-0.4, -0.2) is 38.1 Å². The fourth-order valence-corrected chi connectivity index (χ4v) is 1.78. The van der Waals surface area contributed by atoms with E-state index in [1.54, 1.807) is 12.1 Å². The van der Waals surface area contributed by atoms with Crippen LogP contribution in [0.4, 0.5) is 11.4 Å². The van der Waals surface area contributed by atoms with Gasteiger partial charge in [-0.05, 0) is 37.6 Å². The zero-order valence-corrected chi connectivity index (χ0v) is 8.53. The minimum absolute atomic E-state index is 0.204. The summed E-state index contributed by atoms with van der Waals surface area (Å²) in [6.45, 7) is -2.40. The van der Waals surface area contributed by atoms with E-state index in [1.807, 2.05) is 4.90 Å². The molecule has 1 aliphatic rings. The molecule has 0 amide bonds. The molecule has 1 aliphatic heterocycles. The molecule has 0 bridgehead atoms. The van der Waals surface area contributed by atoms with Crippen LogP contribution in [0.5, 0.6) is 0 Å². The Morgan fingerprint density at radius 3 is 2.67 bits per heavy atom. The Hall–Kier alpha value is -1.22. The third-order valence-corrected chi connectivity index (χ3v) is 2.58. The monoisotopic (exact) mass is 211 g/mol. The second-order valence-electron chi connectivity index (χ2n) is 3.79. The molecule has 2 N–H and O–H groups in total. The topological polar surface area (TPSA) is 32.5 Å². The highest BCUT2D eigenvalue weighted by Crippen LogP contribution is 2.21. The van der Waals surface area contributed by atoms with Crippen molar-refractivity contribution in [2.24, 2.45) is 0 Å². The number of piperazine rings is 1. The van der Waals surface area contributed by atoms with E-state index in [1.165, 1.54) is 11.0 Å². The molecule has 1 heterocycles. The van der Waals surface area contributed by atoms with Gasteiger partial charge in [0.2, 0.25) is 0 Å². The van der Waals surface area contributed by atoms with Crippen LogP contribution in [-0.2, 0) is 0 Å². The van der Waals surface area contributed by atoms with Gasteiger partial charge in [-0.2, -0.15) is 0 Å². The number of hydrogen-bond acceptors (Lipinski definition) is 3. The van der Waals surface area contributed by atoms with E-state index >= 15 is 0 Å². The quantitative estimate of drug-likeness (QED) is 0.711. The summed E-state index contributed by atoms with van der Waals surface area (Å²) in [7, 11) is 0. The summed E-state index contributed by atoms with van der Waals surface area (Å²) < 4.78 is 44.6. The molecule has 0 spiro atoms. The first-order valence-electron chi connectivity index (χ1n) is 7.98. The SMILES string of the molecule is [2H]C([2H])([2H])c1cc(N)cc(N2CCN(C([2H])([2H])[2H])CC2)c1. The fraction of sp³-hybridized carbons (Fsp3) is 0.500. The fourth-order valence-electron chi connectivity index (χ4n) is 1.78. The van der Waals surface area contributed by atoms with Crippen LogP contribution >= 0.6 is 0 Å². The predicted molar refractivity (Wildman–Crippen MR) is 65.3 cm³/mol. The molecule has 1 saturated heterocycles. The van der Waals surface area contributed by atoms with Crippen molar-refractivity contribution < 1.29 is 8.22 Å². The number of aryl methyl sites for hydroxylation is 1. The van der Waals surface area contributed by atoms with E-state index in [9.17, 15) is 0 Å². The summed E-state index contributed by atoms with van der Waals surface area (Å²) in [5.41, 5.74) is 7.11. The van der Waals surface area contributed by atoms with Gasteiger partial charge in [-0.1, -0.05) is 0 Å². The molecule has 3 nitrogen and oxygen atoms in total. The lowest BCUT2D eigenvalue weighted by Gasteiger charge is -2.34. The Bertz CT molecular complexity index is 503. The van der Waals surface area contributed by atoms with Crippen LogP contribution in [0.2, 0.25) is 0 Å². The molecular weight excluding hydrogens is 186 g/mol. The van der Waals surface area contributed by atoms with Gasteiger partial charge < -0.3 is 15.5 Å². The third kappa shape index (κ3) is 2.42. The van der Waals surface area contributed by atoms with Crippen LogP contribution in [0.3, 0.4) is 0 Å². The van der Waals surface area contributed by atoms with Crippen LogP contribution in [0.1, 0.15) is 13.8 Å². The van der Waals surface area contributed by atoms with Gasteiger partial charge in [0, 0.05) is 45.8 Å². The number of nitrogen functional groups attached to an aromatic ring is 1. The lowest BCUT2D eigenvalue weighted by atomic mass is 10.1. The normalized spacial score (nSPS) is 25.7. The maximum Gasteiger partial charge on any atom is 0.0394 e. The summed E-state index contributed by atoms with van der Waals surface area (Å²) >= 11 is 0. The average Bonchev–Trinajstić information content (AvgIpc) is 2.36. The standard InChI is InChI=1S/C12H19N3/c1-10-7-11(13)9-12(8-10)15-5-3-14(2)4-6-15/h7-9H,3-6,13H2,1-2H3/i1D3,2D3. The van der Waals surface area contributed by atoms with E-state index in [4.69, 9.17) is 14.0 Å². The molecule has 1 aromatic rings. The van der Waals surface area contributed by atoms with Gasteiger partial charge in [-0.25, -0.2) is 0 Å². The molecule has 1 aromatic carbocycles. The number of rotatable bonds is 1. The molecule has 1 fully saturated rings. The van der Waals surface area contributed by atoms with Crippen molar-refractivity contribution in [2.75, 3.05) is 43.8 Å². The summed E-state index contributed by atoms with van der Waals surface area (Å²) in [5.74, 6) is 0. The summed E-state index contributed by atoms with van der Waals surface area (Å²) in [6, 6.07) is 4.78. The summed E-state index contributed by atoms with van der Waals surface area (Å²) in [4.78, 5) is 3.41. The predicted octanol–water partition coefficient (Wildman–Crippen LogP) is 1.33. The Morgan fingerprint density at radius 1 is 1.20 bits per heavy atom. The zero-order chi connectivity index (χ0) is 15.8. The number of benzene rings is 1. The molecule has 0 unspecified atom stereocenters. The van der Waals surface area contributed by atoms with Gasteiger partial charge in [-0.3, -0.25) is 0 Å².